The Kier molecular flexibility index (Phi) is 8.12. The molecule has 2 saturated carbocycles. The Balaban J connectivity index is 0.00000256. The van der Waals surface area contributed by atoms with Crippen LogP contribution < -0.4 is 20.1 Å². The maximum Gasteiger partial charge on any atom is 0.191 e. The number of ether oxygens (including phenoxy) is 2. The Morgan fingerprint density at radius 1 is 1.13 bits per heavy atom. The smallest absolute Gasteiger partial charge is 0.191 e. The van der Waals surface area contributed by atoms with Crippen molar-refractivity contribution in [1.29, 1.82) is 0 Å². The summed E-state index contributed by atoms with van der Waals surface area (Å²) >= 11 is 0. The summed E-state index contributed by atoms with van der Waals surface area (Å²) < 4.78 is 10.8. The van der Waals surface area contributed by atoms with Gasteiger partial charge in [-0.25, -0.2) is 0 Å². The normalized spacial score (nSPS) is 23.3. The second-order valence-electron chi connectivity index (χ2n) is 9.00. The highest BCUT2D eigenvalue weighted by Gasteiger charge is 2.48. The van der Waals surface area contributed by atoms with E-state index in [2.05, 4.69) is 32.7 Å². The minimum atomic E-state index is 0. The van der Waals surface area contributed by atoms with E-state index in [-0.39, 0.29) is 24.0 Å². The fraction of sp³-hybridized carbons (Fsp3) is 0.696. The van der Waals surface area contributed by atoms with Crippen molar-refractivity contribution >= 4 is 29.9 Å². The average molecular weight is 528 g/mol. The van der Waals surface area contributed by atoms with Crippen molar-refractivity contribution in [2.75, 3.05) is 40.9 Å². The third-order valence-corrected chi connectivity index (χ3v) is 7.05. The molecule has 1 atom stereocenters. The summed E-state index contributed by atoms with van der Waals surface area (Å²) in [6.45, 7) is 4.09. The molecule has 0 radical (unpaired) electrons. The SMILES string of the molecule is CN=C(NCC1(C2CC2)CCC1)NC1CCN(Cc2cc(OC)cc(OC)c2)C1.I. The Labute approximate surface area is 198 Å². The zero-order chi connectivity index (χ0) is 20.3. The molecule has 7 heteroatoms. The topological polar surface area (TPSA) is 58.1 Å². The van der Waals surface area contributed by atoms with E-state index < -0.39 is 0 Å². The first-order valence-electron chi connectivity index (χ1n) is 11.1. The number of methoxy groups -OCH3 is 2. The van der Waals surface area contributed by atoms with Crippen molar-refractivity contribution in [2.45, 2.75) is 51.1 Å². The van der Waals surface area contributed by atoms with Gasteiger partial charge in [0.05, 0.1) is 14.2 Å². The lowest BCUT2D eigenvalue weighted by atomic mass is 9.65. The standard InChI is InChI=1S/C23H36N4O2.HI/c1-24-22(25-16-23(8-4-9-23)18-5-6-18)26-19-7-10-27(15-19)14-17-11-20(28-2)13-21(12-17)29-3;/h11-13,18-19H,4-10,14-16H2,1-3H3,(H2,24,25,26);1H. The van der Waals surface area contributed by atoms with Crippen LogP contribution in [0.25, 0.3) is 0 Å². The van der Waals surface area contributed by atoms with Crippen molar-refractivity contribution in [2.24, 2.45) is 16.3 Å². The number of nitrogens with zero attached hydrogens (tertiary/aromatic N) is 2. The van der Waals surface area contributed by atoms with Gasteiger partial charge in [-0.2, -0.15) is 0 Å². The number of nitrogens with one attached hydrogen (secondary N) is 2. The van der Waals surface area contributed by atoms with Gasteiger partial charge >= 0.3 is 0 Å². The molecule has 2 aliphatic carbocycles. The van der Waals surface area contributed by atoms with Crippen LogP contribution in [-0.4, -0.2) is 57.8 Å². The lowest BCUT2D eigenvalue weighted by molar-refractivity contribution is 0.105. The van der Waals surface area contributed by atoms with Crippen molar-refractivity contribution < 1.29 is 9.47 Å². The van der Waals surface area contributed by atoms with Gasteiger partial charge in [0.1, 0.15) is 11.5 Å². The Bertz CT molecular complexity index is 712. The monoisotopic (exact) mass is 528 g/mol. The van der Waals surface area contributed by atoms with Crippen molar-refractivity contribution in [3.63, 3.8) is 0 Å². The summed E-state index contributed by atoms with van der Waals surface area (Å²) in [7, 11) is 5.28. The van der Waals surface area contributed by atoms with Crippen LogP contribution in [0.15, 0.2) is 23.2 Å². The van der Waals surface area contributed by atoms with Gasteiger partial charge in [0.15, 0.2) is 5.96 Å². The van der Waals surface area contributed by atoms with Gasteiger partial charge in [-0.3, -0.25) is 9.89 Å². The first-order chi connectivity index (χ1) is 14.1. The molecule has 4 rings (SSSR count). The van der Waals surface area contributed by atoms with E-state index in [1.807, 2.05) is 13.1 Å². The maximum atomic E-state index is 5.40. The number of likely N-dealkylation sites (tertiary alicyclic amines) is 1. The minimum Gasteiger partial charge on any atom is -0.497 e. The van der Waals surface area contributed by atoms with Crippen LogP contribution in [0.4, 0.5) is 0 Å². The van der Waals surface area contributed by atoms with Crippen molar-refractivity contribution in [1.82, 2.24) is 15.5 Å². The fourth-order valence-corrected chi connectivity index (χ4v) is 5.01. The highest BCUT2D eigenvalue weighted by atomic mass is 127. The van der Waals surface area contributed by atoms with E-state index in [9.17, 15) is 0 Å². The number of rotatable bonds is 8. The van der Waals surface area contributed by atoms with Crippen molar-refractivity contribution in [3.8, 4) is 11.5 Å². The van der Waals surface area contributed by atoms with Gasteiger partial charge in [-0.05, 0) is 61.1 Å². The van der Waals surface area contributed by atoms with Crippen LogP contribution in [0.1, 0.15) is 44.1 Å². The van der Waals surface area contributed by atoms with Crippen LogP contribution in [-0.2, 0) is 6.54 Å². The summed E-state index contributed by atoms with van der Waals surface area (Å²) in [5, 5.41) is 7.30. The van der Waals surface area contributed by atoms with Gasteiger partial charge in [0.2, 0.25) is 0 Å². The van der Waals surface area contributed by atoms with E-state index in [4.69, 9.17) is 9.47 Å². The zero-order valence-corrected chi connectivity index (χ0v) is 20.9. The molecule has 168 valence electrons. The molecule has 2 N–H and O–H groups in total. The molecule has 3 fully saturated rings. The van der Waals surface area contributed by atoms with Crippen LogP contribution in [0.5, 0.6) is 11.5 Å². The van der Waals surface area contributed by atoms with E-state index >= 15 is 0 Å². The molecule has 1 unspecified atom stereocenters. The Morgan fingerprint density at radius 2 is 1.83 bits per heavy atom. The van der Waals surface area contributed by atoms with Crippen LogP contribution >= 0.6 is 24.0 Å². The molecular weight excluding hydrogens is 491 g/mol. The minimum absolute atomic E-state index is 0. The highest BCUT2D eigenvalue weighted by Crippen LogP contribution is 2.56. The molecule has 0 aromatic heterocycles. The molecule has 1 aromatic carbocycles. The summed E-state index contributed by atoms with van der Waals surface area (Å²) in [6, 6.07) is 6.55. The molecule has 1 heterocycles. The average Bonchev–Trinajstić information content (AvgIpc) is 3.46. The van der Waals surface area contributed by atoms with Crippen LogP contribution in [0, 0.1) is 11.3 Å². The maximum absolute atomic E-state index is 5.40. The number of aliphatic imine (C=N–C) groups is 1. The van der Waals surface area contributed by atoms with Gasteiger partial charge in [0.25, 0.3) is 0 Å². The third-order valence-electron chi connectivity index (χ3n) is 7.05. The number of hydrogen-bond donors (Lipinski definition) is 2. The van der Waals surface area contributed by atoms with Gasteiger partial charge in [-0.1, -0.05) is 6.42 Å². The van der Waals surface area contributed by atoms with E-state index in [1.165, 1.54) is 37.7 Å². The molecule has 0 amide bonds. The number of benzene rings is 1. The zero-order valence-electron chi connectivity index (χ0n) is 18.6. The predicted octanol–water partition coefficient (Wildman–Crippen LogP) is 3.64. The molecule has 1 aromatic rings. The molecule has 0 bridgehead atoms. The van der Waals surface area contributed by atoms with E-state index in [1.54, 1.807) is 14.2 Å². The predicted molar refractivity (Wildman–Crippen MR) is 132 cm³/mol. The summed E-state index contributed by atoms with van der Waals surface area (Å²) in [6.07, 6.45) is 8.18. The second-order valence-corrected chi connectivity index (χ2v) is 9.00. The number of hydrogen-bond acceptors (Lipinski definition) is 4. The Hall–Kier alpha value is -1.22. The molecule has 30 heavy (non-hydrogen) atoms. The first-order valence-corrected chi connectivity index (χ1v) is 11.1. The second kappa shape index (κ2) is 10.4. The highest BCUT2D eigenvalue weighted by molar-refractivity contribution is 14.0. The quantitative estimate of drug-likeness (QED) is 0.307. The molecule has 3 aliphatic rings. The molecule has 1 aliphatic heterocycles. The number of guanidine groups is 1. The Morgan fingerprint density at radius 3 is 2.37 bits per heavy atom. The molecule has 1 saturated heterocycles. The molecular formula is C23H37IN4O2. The van der Waals surface area contributed by atoms with Crippen molar-refractivity contribution in [3.05, 3.63) is 23.8 Å². The summed E-state index contributed by atoms with van der Waals surface area (Å²) in [5.74, 6) is 3.62. The van der Waals surface area contributed by atoms with Gasteiger partial charge in [0, 0.05) is 45.3 Å². The van der Waals surface area contributed by atoms with E-state index in [0.717, 1.165) is 56.0 Å². The van der Waals surface area contributed by atoms with Gasteiger partial charge < -0.3 is 20.1 Å². The fourth-order valence-electron chi connectivity index (χ4n) is 5.01. The van der Waals surface area contributed by atoms with E-state index in [0.29, 0.717) is 11.5 Å². The lowest BCUT2D eigenvalue weighted by Crippen LogP contribution is -2.50. The third kappa shape index (κ3) is 5.52. The largest absolute Gasteiger partial charge is 0.497 e. The summed E-state index contributed by atoms with van der Waals surface area (Å²) in [4.78, 5) is 6.97. The van der Waals surface area contributed by atoms with Crippen LogP contribution in [0.3, 0.4) is 0 Å². The number of halogens is 1. The molecule has 0 spiro atoms. The lowest BCUT2D eigenvalue weighted by Gasteiger charge is -2.43. The van der Waals surface area contributed by atoms with Crippen LogP contribution in [0.2, 0.25) is 0 Å². The van der Waals surface area contributed by atoms with Gasteiger partial charge in [-0.15, -0.1) is 24.0 Å². The first kappa shape index (κ1) is 23.4. The molecule has 6 nitrogen and oxygen atoms in total. The summed E-state index contributed by atoms with van der Waals surface area (Å²) in [5.41, 5.74) is 1.78.